The zero-order valence-electron chi connectivity index (χ0n) is 11.5. The summed E-state index contributed by atoms with van der Waals surface area (Å²) in [4.78, 5) is 23.5. The van der Waals surface area contributed by atoms with Crippen LogP contribution in [-0.2, 0) is 14.3 Å². The highest BCUT2D eigenvalue weighted by atomic mass is 16.5. The summed E-state index contributed by atoms with van der Waals surface area (Å²) in [6.07, 6.45) is 2.11. The number of amides is 2. The van der Waals surface area contributed by atoms with Crippen molar-refractivity contribution in [3.63, 3.8) is 0 Å². The molecule has 104 valence electrons. The smallest absolute Gasteiger partial charge is 0.249 e. The summed E-state index contributed by atoms with van der Waals surface area (Å²) in [5, 5.41) is 5.55. The van der Waals surface area contributed by atoms with Gasteiger partial charge in [-0.2, -0.15) is 0 Å². The summed E-state index contributed by atoms with van der Waals surface area (Å²) < 4.78 is 5.43. The number of rotatable bonds is 5. The Bertz CT molecular complexity index is 292. The highest BCUT2D eigenvalue weighted by Gasteiger charge is 2.24. The summed E-state index contributed by atoms with van der Waals surface area (Å²) in [5.74, 6) is 0.0936. The van der Waals surface area contributed by atoms with Gasteiger partial charge in [0.05, 0.1) is 0 Å². The van der Waals surface area contributed by atoms with Crippen LogP contribution in [0.15, 0.2) is 0 Å². The van der Waals surface area contributed by atoms with Gasteiger partial charge in [0.2, 0.25) is 11.8 Å². The maximum Gasteiger partial charge on any atom is 0.249 e. The van der Waals surface area contributed by atoms with Crippen molar-refractivity contribution in [2.45, 2.75) is 52.2 Å². The average Bonchev–Trinajstić information content (AvgIpc) is 2.51. The standard InChI is InChI=1S/C13H24N2O3/c1-9(2)8-18-10(3)12(16)15-11-6-4-5-7-14-13(11)17/h9-11H,4-8H2,1-3H3,(H,14,17)(H,15,16)/t10-,11-/m0/s1. The minimum atomic E-state index is -0.511. The van der Waals surface area contributed by atoms with Gasteiger partial charge in [-0.1, -0.05) is 13.8 Å². The van der Waals surface area contributed by atoms with Crippen LogP contribution >= 0.6 is 0 Å². The third kappa shape index (κ3) is 5.04. The third-order valence-electron chi connectivity index (χ3n) is 2.90. The first-order chi connectivity index (χ1) is 8.50. The Kier molecular flexibility index (Phi) is 6.12. The number of hydrogen-bond acceptors (Lipinski definition) is 3. The molecular formula is C13H24N2O3. The number of nitrogens with one attached hydrogen (secondary N) is 2. The van der Waals surface area contributed by atoms with Crippen molar-refractivity contribution in [3.05, 3.63) is 0 Å². The van der Waals surface area contributed by atoms with Gasteiger partial charge < -0.3 is 15.4 Å². The quantitative estimate of drug-likeness (QED) is 0.765. The van der Waals surface area contributed by atoms with Crippen LogP contribution < -0.4 is 10.6 Å². The molecule has 0 aromatic rings. The zero-order chi connectivity index (χ0) is 13.5. The minimum Gasteiger partial charge on any atom is -0.368 e. The lowest BCUT2D eigenvalue weighted by molar-refractivity contribution is -0.136. The van der Waals surface area contributed by atoms with Crippen LogP contribution in [0.4, 0.5) is 0 Å². The molecular weight excluding hydrogens is 232 g/mol. The molecule has 1 heterocycles. The van der Waals surface area contributed by atoms with Crippen LogP contribution in [0.1, 0.15) is 40.0 Å². The van der Waals surface area contributed by atoms with Crippen molar-refractivity contribution in [1.29, 1.82) is 0 Å². The van der Waals surface area contributed by atoms with Gasteiger partial charge in [0.1, 0.15) is 12.1 Å². The lowest BCUT2D eigenvalue weighted by atomic mass is 10.1. The van der Waals surface area contributed by atoms with Crippen LogP contribution in [0.3, 0.4) is 0 Å². The maximum absolute atomic E-state index is 11.9. The predicted octanol–water partition coefficient (Wildman–Crippen LogP) is 0.832. The molecule has 0 aliphatic carbocycles. The van der Waals surface area contributed by atoms with E-state index in [0.717, 1.165) is 12.8 Å². The summed E-state index contributed by atoms with van der Waals surface area (Å²) in [7, 11) is 0. The van der Waals surface area contributed by atoms with E-state index in [9.17, 15) is 9.59 Å². The highest BCUT2D eigenvalue weighted by molar-refractivity contribution is 5.89. The molecule has 0 aromatic heterocycles. The van der Waals surface area contributed by atoms with Crippen LogP contribution in [0.2, 0.25) is 0 Å². The zero-order valence-corrected chi connectivity index (χ0v) is 11.5. The number of carbonyl (C=O) groups excluding carboxylic acids is 2. The highest BCUT2D eigenvalue weighted by Crippen LogP contribution is 2.06. The van der Waals surface area contributed by atoms with Gasteiger partial charge in [0, 0.05) is 13.2 Å². The van der Waals surface area contributed by atoms with Crippen molar-refractivity contribution in [2.75, 3.05) is 13.2 Å². The lowest BCUT2D eigenvalue weighted by Gasteiger charge is -2.19. The van der Waals surface area contributed by atoms with E-state index >= 15 is 0 Å². The second kappa shape index (κ2) is 7.36. The molecule has 0 spiro atoms. The van der Waals surface area contributed by atoms with Crippen LogP contribution in [-0.4, -0.2) is 37.1 Å². The van der Waals surface area contributed by atoms with Gasteiger partial charge in [0.25, 0.3) is 0 Å². The van der Waals surface area contributed by atoms with Crippen LogP contribution in [0.25, 0.3) is 0 Å². The number of hydrogen-bond donors (Lipinski definition) is 2. The van der Waals surface area contributed by atoms with Gasteiger partial charge in [-0.05, 0) is 32.1 Å². The fourth-order valence-electron chi connectivity index (χ4n) is 1.78. The molecule has 1 rings (SSSR count). The van der Waals surface area contributed by atoms with Crippen molar-refractivity contribution in [1.82, 2.24) is 10.6 Å². The molecule has 0 radical (unpaired) electrons. The normalized spacial score (nSPS) is 22.2. The SMILES string of the molecule is CC(C)CO[C@@H](C)C(=O)N[C@H]1CCCCNC1=O. The second-order valence-corrected chi connectivity index (χ2v) is 5.22. The van der Waals surface area contributed by atoms with Gasteiger partial charge >= 0.3 is 0 Å². The van der Waals surface area contributed by atoms with E-state index in [0.29, 0.717) is 25.5 Å². The number of ether oxygens (including phenoxy) is 1. The van der Waals surface area contributed by atoms with E-state index in [-0.39, 0.29) is 11.8 Å². The number of carbonyl (C=O) groups is 2. The van der Waals surface area contributed by atoms with Gasteiger partial charge in [-0.15, -0.1) is 0 Å². The molecule has 2 N–H and O–H groups in total. The summed E-state index contributed by atoms with van der Waals surface area (Å²) in [6.45, 7) is 7.02. The molecule has 2 amide bonds. The lowest BCUT2D eigenvalue weighted by Crippen LogP contribution is -2.48. The Labute approximate surface area is 109 Å². The van der Waals surface area contributed by atoms with Gasteiger partial charge in [0.15, 0.2) is 0 Å². The van der Waals surface area contributed by atoms with Crippen LogP contribution in [0.5, 0.6) is 0 Å². The molecule has 0 unspecified atom stereocenters. The Hall–Kier alpha value is -1.10. The van der Waals surface area contributed by atoms with E-state index in [1.807, 2.05) is 13.8 Å². The Morgan fingerprint density at radius 1 is 1.44 bits per heavy atom. The van der Waals surface area contributed by atoms with E-state index < -0.39 is 12.1 Å². The molecule has 0 saturated carbocycles. The van der Waals surface area contributed by atoms with Crippen molar-refractivity contribution in [2.24, 2.45) is 5.92 Å². The molecule has 1 aliphatic heterocycles. The fraction of sp³-hybridized carbons (Fsp3) is 0.846. The molecule has 18 heavy (non-hydrogen) atoms. The van der Waals surface area contributed by atoms with E-state index in [4.69, 9.17) is 4.74 Å². The van der Waals surface area contributed by atoms with E-state index in [2.05, 4.69) is 10.6 Å². The van der Waals surface area contributed by atoms with Gasteiger partial charge in [-0.3, -0.25) is 9.59 Å². The monoisotopic (exact) mass is 256 g/mol. The molecule has 2 atom stereocenters. The molecule has 0 bridgehead atoms. The Morgan fingerprint density at radius 3 is 2.83 bits per heavy atom. The van der Waals surface area contributed by atoms with Gasteiger partial charge in [-0.25, -0.2) is 0 Å². The Balaban J connectivity index is 2.39. The summed E-state index contributed by atoms with van der Waals surface area (Å²) in [5.41, 5.74) is 0. The van der Waals surface area contributed by atoms with E-state index in [1.165, 1.54) is 0 Å². The topological polar surface area (TPSA) is 67.4 Å². The average molecular weight is 256 g/mol. The van der Waals surface area contributed by atoms with Crippen molar-refractivity contribution in [3.8, 4) is 0 Å². The maximum atomic E-state index is 11.9. The molecule has 5 heteroatoms. The second-order valence-electron chi connectivity index (χ2n) is 5.22. The first-order valence-corrected chi connectivity index (χ1v) is 6.70. The summed E-state index contributed by atoms with van der Waals surface area (Å²) in [6, 6.07) is -0.412. The van der Waals surface area contributed by atoms with E-state index in [1.54, 1.807) is 6.92 Å². The molecule has 1 aliphatic rings. The third-order valence-corrected chi connectivity index (χ3v) is 2.90. The predicted molar refractivity (Wildman–Crippen MR) is 69.0 cm³/mol. The van der Waals surface area contributed by atoms with Crippen molar-refractivity contribution >= 4 is 11.8 Å². The first-order valence-electron chi connectivity index (χ1n) is 6.70. The Morgan fingerprint density at radius 2 is 2.17 bits per heavy atom. The van der Waals surface area contributed by atoms with Crippen LogP contribution in [0, 0.1) is 5.92 Å². The van der Waals surface area contributed by atoms with Crippen molar-refractivity contribution < 1.29 is 14.3 Å². The largest absolute Gasteiger partial charge is 0.368 e. The minimum absolute atomic E-state index is 0.0862. The summed E-state index contributed by atoms with van der Waals surface area (Å²) >= 11 is 0. The molecule has 1 fully saturated rings. The first kappa shape index (κ1) is 15.0. The fourth-order valence-corrected chi connectivity index (χ4v) is 1.78. The molecule has 0 aromatic carbocycles. The molecule has 1 saturated heterocycles. The molecule has 5 nitrogen and oxygen atoms in total.